The summed E-state index contributed by atoms with van der Waals surface area (Å²) >= 11 is 0. The Bertz CT molecular complexity index is 1000. The molecule has 4 rings (SSSR count). The van der Waals surface area contributed by atoms with Gasteiger partial charge in [-0.05, 0) is 67.5 Å². The van der Waals surface area contributed by atoms with Gasteiger partial charge in [0, 0.05) is 39.8 Å². The van der Waals surface area contributed by atoms with E-state index in [4.69, 9.17) is 23.7 Å². The molecule has 0 bridgehead atoms. The molecule has 1 saturated heterocycles. The molecule has 2 aromatic carbocycles. The summed E-state index contributed by atoms with van der Waals surface area (Å²) in [5, 5.41) is 13.6. The Morgan fingerprint density at radius 3 is 2.58 bits per heavy atom. The van der Waals surface area contributed by atoms with Crippen molar-refractivity contribution in [1.29, 1.82) is 0 Å². The number of hydrogen-bond donors (Lipinski definition) is 2. The number of benzene rings is 2. The fourth-order valence-electron chi connectivity index (χ4n) is 5.77. The van der Waals surface area contributed by atoms with Crippen LogP contribution < -0.4 is 15.0 Å². The third-order valence-electron chi connectivity index (χ3n) is 7.90. The lowest BCUT2D eigenvalue weighted by molar-refractivity contribution is -0.00912. The van der Waals surface area contributed by atoms with E-state index in [-0.39, 0.29) is 18.1 Å². The number of methoxy groups -OCH3 is 2. The average molecular weight is 557 g/mol. The number of rotatable bonds is 16. The molecular weight excluding hydrogens is 508 g/mol. The SMILES string of the molecule is COCCCN1CCOc2ccc(CO[C@H]3CNC[C@@H](CCC(C)O)C3c3ccc(COCCOC)cc3)cc21. The number of fused-ring (bicyclic) bond motifs is 1. The highest BCUT2D eigenvalue weighted by molar-refractivity contribution is 5.61. The number of anilines is 1. The molecule has 8 heteroatoms. The Labute approximate surface area is 239 Å². The van der Waals surface area contributed by atoms with Gasteiger partial charge in [0.25, 0.3) is 0 Å². The average Bonchev–Trinajstić information content (AvgIpc) is 2.98. The highest BCUT2D eigenvalue weighted by atomic mass is 16.5. The van der Waals surface area contributed by atoms with Crippen LogP contribution in [0.5, 0.6) is 5.75 Å². The van der Waals surface area contributed by atoms with Crippen molar-refractivity contribution >= 4 is 5.69 Å². The summed E-state index contributed by atoms with van der Waals surface area (Å²) in [7, 11) is 3.43. The van der Waals surface area contributed by atoms with Gasteiger partial charge in [0.05, 0.1) is 50.9 Å². The number of hydrogen-bond acceptors (Lipinski definition) is 8. The maximum Gasteiger partial charge on any atom is 0.142 e. The van der Waals surface area contributed by atoms with Crippen LogP contribution in [0.2, 0.25) is 0 Å². The van der Waals surface area contributed by atoms with Gasteiger partial charge in [-0.2, -0.15) is 0 Å². The molecule has 1 fully saturated rings. The van der Waals surface area contributed by atoms with E-state index in [1.807, 2.05) is 6.92 Å². The van der Waals surface area contributed by atoms with Crippen molar-refractivity contribution in [2.75, 3.05) is 71.7 Å². The largest absolute Gasteiger partial charge is 0.490 e. The smallest absolute Gasteiger partial charge is 0.142 e. The first-order valence-electron chi connectivity index (χ1n) is 14.7. The third-order valence-corrected chi connectivity index (χ3v) is 7.90. The van der Waals surface area contributed by atoms with Gasteiger partial charge >= 0.3 is 0 Å². The molecular formula is C32H48N2O6. The van der Waals surface area contributed by atoms with Crippen molar-refractivity contribution in [3.8, 4) is 5.75 Å². The van der Waals surface area contributed by atoms with Crippen LogP contribution >= 0.6 is 0 Å². The van der Waals surface area contributed by atoms with Crippen LogP contribution in [0, 0.1) is 5.92 Å². The van der Waals surface area contributed by atoms with Crippen LogP contribution in [0.1, 0.15) is 48.8 Å². The zero-order chi connectivity index (χ0) is 28.2. The number of nitrogens with zero attached hydrogens (tertiary/aromatic N) is 1. The normalized spacial score (nSPS) is 21.6. The summed E-state index contributed by atoms with van der Waals surface area (Å²) in [6, 6.07) is 15.2. The van der Waals surface area contributed by atoms with Crippen molar-refractivity contribution < 1.29 is 28.8 Å². The Balaban J connectivity index is 1.45. The summed E-state index contributed by atoms with van der Waals surface area (Å²) in [6.07, 6.45) is 2.44. The van der Waals surface area contributed by atoms with Gasteiger partial charge < -0.3 is 39.0 Å². The minimum atomic E-state index is -0.307. The zero-order valence-corrected chi connectivity index (χ0v) is 24.5. The number of aliphatic hydroxyl groups is 1. The predicted molar refractivity (Wildman–Crippen MR) is 157 cm³/mol. The third kappa shape index (κ3) is 8.90. The summed E-state index contributed by atoms with van der Waals surface area (Å²) in [5.74, 6) is 1.56. The van der Waals surface area contributed by atoms with Crippen molar-refractivity contribution in [3.05, 3.63) is 59.2 Å². The number of piperidine rings is 1. The van der Waals surface area contributed by atoms with Gasteiger partial charge in [-0.25, -0.2) is 0 Å². The highest BCUT2D eigenvalue weighted by Gasteiger charge is 2.35. The Morgan fingerprint density at radius 2 is 1.80 bits per heavy atom. The molecule has 2 unspecified atom stereocenters. The lowest BCUT2D eigenvalue weighted by atomic mass is 9.76. The van der Waals surface area contributed by atoms with E-state index in [0.717, 1.165) is 74.6 Å². The molecule has 40 heavy (non-hydrogen) atoms. The van der Waals surface area contributed by atoms with E-state index in [1.165, 1.54) is 5.56 Å². The molecule has 2 aromatic rings. The predicted octanol–water partition coefficient (Wildman–Crippen LogP) is 4.13. The van der Waals surface area contributed by atoms with E-state index < -0.39 is 0 Å². The quantitative estimate of drug-likeness (QED) is 0.299. The maximum absolute atomic E-state index is 10.0. The first-order valence-corrected chi connectivity index (χ1v) is 14.7. The summed E-state index contributed by atoms with van der Waals surface area (Å²) in [6.45, 7) is 9.18. The number of aliphatic hydroxyl groups excluding tert-OH is 1. The minimum absolute atomic E-state index is 0.0293. The molecule has 2 aliphatic heterocycles. The van der Waals surface area contributed by atoms with Crippen molar-refractivity contribution in [2.24, 2.45) is 5.92 Å². The Kier molecular flexibility index (Phi) is 12.5. The first kappa shape index (κ1) is 30.8. The second-order valence-electron chi connectivity index (χ2n) is 11.0. The van der Waals surface area contributed by atoms with Gasteiger partial charge in [-0.15, -0.1) is 0 Å². The molecule has 2 aliphatic rings. The monoisotopic (exact) mass is 556 g/mol. The molecule has 222 valence electrons. The first-order chi connectivity index (χ1) is 19.6. The molecule has 0 amide bonds. The zero-order valence-electron chi connectivity index (χ0n) is 24.5. The summed E-state index contributed by atoms with van der Waals surface area (Å²) in [5.41, 5.74) is 4.72. The number of nitrogens with one attached hydrogen (secondary N) is 1. The van der Waals surface area contributed by atoms with Gasteiger partial charge in [0.15, 0.2) is 0 Å². The van der Waals surface area contributed by atoms with E-state index in [2.05, 4.69) is 52.7 Å². The van der Waals surface area contributed by atoms with Crippen molar-refractivity contribution in [1.82, 2.24) is 5.32 Å². The fraction of sp³-hybridized carbons (Fsp3) is 0.625. The van der Waals surface area contributed by atoms with Crippen LogP contribution in [0.15, 0.2) is 42.5 Å². The van der Waals surface area contributed by atoms with Crippen LogP contribution in [-0.4, -0.2) is 84.1 Å². The summed E-state index contributed by atoms with van der Waals surface area (Å²) in [4.78, 5) is 2.39. The molecule has 2 N–H and O–H groups in total. The van der Waals surface area contributed by atoms with E-state index >= 15 is 0 Å². The van der Waals surface area contributed by atoms with E-state index in [9.17, 15) is 5.11 Å². The second kappa shape index (κ2) is 16.3. The molecule has 2 heterocycles. The standard InChI is InChI=1S/C32H48N2O6/c1-24(35)5-9-28-20-33-21-31(32(28)27-10-6-25(7-11-27)22-38-18-17-37-3)40-23-26-8-12-30-29(19-26)34(14-16-39-30)13-4-15-36-2/h6-8,10-12,19,24,28,31-33,35H,4-5,9,13-18,20-23H2,1-3H3/t24?,28-,31+,32?/m1/s1. The maximum atomic E-state index is 10.0. The highest BCUT2D eigenvalue weighted by Crippen LogP contribution is 2.37. The molecule has 0 radical (unpaired) electrons. The van der Waals surface area contributed by atoms with Gasteiger partial charge in [-0.1, -0.05) is 30.3 Å². The molecule has 0 aliphatic carbocycles. The topological polar surface area (TPSA) is 81.7 Å². The van der Waals surface area contributed by atoms with Crippen LogP contribution in [0.25, 0.3) is 0 Å². The lowest BCUT2D eigenvalue weighted by Crippen LogP contribution is -2.47. The summed E-state index contributed by atoms with van der Waals surface area (Å²) < 4.78 is 28.6. The van der Waals surface area contributed by atoms with Gasteiger partial charge in [0.1, 0.15) is 12.4 Å². The van der Waals surface area contributed by atoms with E-state index in [1.54, 1.807) is 14.2 Å². The number of ether oxygens (including phenoxy) is 5. The van der Waals surface area contributed by atoms with Crippen LogP contribution in [0.3, 0.4) is 0 Å². The molecule has 4 atom stereocenters. The van der Waals surface area contributed by atoms with Crippen LogP contribution in [0.4, 0.5) is 5.69 Å². The van der Waals surface area contributed by atoms with Crippen molar-refractivity contribution in [2.45, 2.75) is 57.5 Å². The molecule has 0 saturated carbocycles. The second-order valence-corrected chi connectivity index (χ2v) is 11.0. The van der Waals surface area contributed by atoms with Gasteiger partial charge in [-0.3, -0.25) is 0 Å². The van der Waals surface area contributed by atoms with E-state index in [0.29, 0.717) is 39.0 Å². The fourth-order valence-corrected chi connectivity index (χ4v) is 5.77. The van der Waals surface area contributed by atoms with Gasteiger partial charge in [0.2, 0.25) is 0 Å². The molecule has 0 aromatic heterocycles. The van der Waals surface area contributed by atoms with Crippen LogP contribution in [-0.2, 0) is 32.2 Å². The molecule has 0 spiro atoms. The molecule has 8 nitrogen and oxygen atoms in total. The van der Waals surface area contributed by atoms with Crippen molar-refractivity contribution in [3.63, 3.8) is 0 Å². The lowest BCUT2D eigenvalue weighted by Gasteiger charge is -2.39. The minimum Gasteiger partial charge on any atom is -0.490 e. The Morgan fingerprint density at radius 1 is 1.00 bits per heavy atom. The Hall–Kier alpha value is -2.20.